The molecule has 0 N–H and O–H groups in total. The van der Waals surface area contributed by atoms with E-state index < -0.39 is 0 Å². The molecule has 0 radical (unpaired) electrons. The van der Waals surface area contributed by atoms with Crippen LogP contribution in [0.1, 0.15) is 28.9 Å². The Bertz CT molecular complexity index is 562. The molecule has 21 heavy (non-hydrogen) atoms. The van der Waals surface area contributed by atoms with Gasteiger partial charge in [0.25, 0.3) is 5.91 Å². The molecule has 110 valence electrons. The first-order valence-corrected chi connectivity index (χ1v) is 7.16. The molecule has 5 nitrogen and oxygen atoms in total. The Labute approximate surface area is 123 Å². The molecule has 0 bridgehead atoms. The predicted octanol–water partition coefficient (Wildman–Crippen LogP) is 2.50. The van der Waals surface area contributed by atoms with Crippen molar-refractivity contribution in [1.29, 1.82) is 0 Å². The van der Waals surface area contributed by atoms with Crippen molar-refractivity contribution < 1.29 is 13.9 Å². The van der Waals surface area contributed by atoms with Crippen molar-refractivity contribution in [3.63, 3.8) is 0 Å². The molecule has 1 amide bonds. The van der Waals surface area contributed by atoms with Crippen molar-refractivity contribution in [2.24, 2.45) is 0 Å². The van der Waals surface area contributed by atoms with E-state index in [-0.39, 0.29) is 12.0 Å². The molecule has 1 unspecified atom stereocenters. The van der Waals surface area contributed by atoms with Crippen LogP contribution in [0.2, 0.25) is 0 Å². The summed E-state index contributed by atoms with van der Waals surface area (Å²) in [5.41, 5.74) is 1.43. The fraction of sp³-hybridized carbons (Fsp3) is 0.375. The maximum Gasteiger partial charge on any atom is 0.257 e. The van der Waals surface area contributed by atoms with Crippen LogP contribution in [0.4, 0.5) is 0 Å². The van der Waals surface area contributed by atoms with Gasteiger partial charge in [-0.25, -0.2) is 0 Å². The SMILES string of the molecule is O=C(c1ccoc1)N(Cc1ccccn1)CC1CCCO1. The molecule has 1 atom stereocenters. The number of carbonyl (C=O) groups is 1. The molecule has 3 rings (SSSR count). The number of pyridine rings is 1. The van der Waals surface area contributed by atoms with Crippen LogP contribution in [0.25, 0.3) is 0 Å². The molecule has 0 aliphatic carbocycles. The topological polar surface area (TPSA) is 55.6 Å². The van der Waals surface area contributed by atoms with E-state index in [4.69, 9.17) is 9.15 Å². The van der Waals surface area contributed by atoms with Crippen molar-refractivity contribution in [3.05, 3.63) is 54.2 Å². The summed E-state index contributed by atoms with van der Waals surface area (Å²) in [5.74, 6) is -0.0510. The third kappa shape index (κ3) is 3.49. The van der Waals surface area contributed by atoms with Crippen molar-refractivity contribution >= 4 is 5.91 Å². The summed E-state index contributed by atoms with van der Waals surface area (Å²) in [6, 6.07) is 7.40. The maximum absolute atomic E-state index is 12.6. The first-order chi connectivity index (χ1) is 10.3. The Kier molecular flexibility index (Phi) is 4.31. The zero-order valence-corrected chi connectivity index (χ0v) is 11.8. The van der Waals surface area contributed by atoms with Gasteiger partial charge in [0.2, 0.25) is 0 Å². The third-order valence-corrected chi connectivity index (χ3v) is 3.58. The highest BCUT2D eigenvalue weighted by Gasteiger charge is 2.24. The van der Waals surface area contributed by atoms with E-state index in [9.17, 15) is 4.79 Å². The second kappa shape index (κ2) is 6.54. The van der Waals surface area contributed by atoms with Gasteiger partial charge < -0.3 is 14.1 Å². The number of amides is 1. The smallest absolute Gasteiger partial charge is 0.257 e. The summed E-state index contributed by atoms with van der Waals surface area (Å²) in [6.45, 7) is 1.84. The van der Waals surface area contributed by atoms with Crippen molar-refractivity contribution in [2.75, 3.05) is 13.2 Å². The van der Waals surface area contributed by atoms with E-state index in [1.807, 2.05) is 18.2 Å². The predicted molar refractivity (Wildman–Crippen MR) is 76.7 cm³/mol. The average Bonchev–Trinajstić information content (AvgIpc) is 3.20. The molecular weight excluding hydrogens is 268 g/mol. The number of aromatic nitrogens is 1. The van der Waals surface area contributed by atoms with E-state index in [1.54, 1.807) is 17.2 Å². The Morgan fingerprint density at radius 3 is 3.00 bits per heavy atom. The van der Waals surface area contributed by atoms with Crippen LogP contribution in [0.3, 0.4) is 0 Å². The summed E-state index contributed by atoms with van der Waals surface area (Å²) in [4.78, 5) is 18.7. The molecule has 5 heteroatoms. The highest BCUT2D eigenvalue weighted by molar-refractivity contribution is 5.93. The van der Waals surface area contributed by atoms with Gasteiger partial charge in [0.15, 0.2) is 0 Å². The van der Waals surface area contributed by atoms with Crippen LogP contribution in [0, 0.1) is 0 Å². The average molecular weight is 286 g/mol. The van der Waals surface area contributed by atoms with E-state index in [0.29, 0.717) is 18.7 Å². The molecule has 1 aliphatic heterocycles. The first kappa shape index (κ1) is 13.8. The maximum atomic E-state index is 12.6. The monoisotopic (exact) mass is 286 g/mol. The van der Waals surface area contributed by atoms with Gasteiger partial charge in [-0.05, 0) is 31.0 Å². The molecule has 0 aromatic carbocycles. The summed E-state index contributed by atoms with van der Waals surface area (Å²) < 4.78 is 10.7. The highest BCUT2D eigenvalue weighted by Crippen LogP contribution is 2.17. The van der Waals surface area contributed by atoms with Crippen LogP contribution in [0.15, 0.2) is 47.4 Å². The van der Waals surface area contributed by atoms with Crippen LogP contribution >= 0.6 is 0 Å². The van der Waals surface area contributed by atoms with Gasteiger partial charge in [0, 0.05) is 19.3 Å². The minimum absolute atomic E-state index is 0.0510. The number of nitrogens with zero attached hydrogens (tertiary/aromatic N) is 2. The quantitative estimate of drug-likeness (QED) is 0.847. The van der Waals surface area contributed by atoms with Gasteiger partial charge in [-0.15, -0.1) is 0 Å². The molecular formula is C16H18N2O3. The minimum atomic E-state index is -0.0510. The van der Waals surface area contributed by atoms with Crippen molar-refractivity contribution in [2.45, 2.75) is 25.5 Å². The van der Waals surface area contributed by atoms with E-state index in [0.717, 1.165) is 25.1 Å². The number of hydrogen-bond acceptors (Lipinski definition) is 4. The zero-order chi connectivity index (χ0) is 14.5. The minimum Gasteiger partial charge on any atom is -0.472 e. The largest absolute Gasteiger partial charge is 0.472 e. The molecule has 1 aliphatic rings. The first-order valence-electron chi connectivity index (χ1n) is 7.16. The lowest BCUT2D eigenvalue weighted by molar-refractivity contribution is 0.0504. The second-order valence-electron chi connectivity index (χ2n) is 5.15. The second-order valence-corrected chi connectivity index (χ2v) is 5.15. The normalized spacial score (nSPS) is 17.8. The summed E-state index contributed by atoms with van der Waals surface area (Å²) in [5, 5.41) is 0. The van der Waals surface area contributed by atoms with Crippen LogP contribution < -0.4 is 0 Å². The van der Waals surface area contributed by atoms with Crippen molar-refractivity contribution in [3.8, 4) is 0 Å². The summed E-state index contributed by atoms with van der Waals surface area (Å²) in [7, 11) is 0. The van der Waals surface area contributed by atoms with Gasteiger partial charge in [0.05, 0.1) is 30.2 Å². The molecule has 1 saturated heterocycles. The number of rotatable bonds is 5. The summed E-state index contributed by atoms with van der Waals surface area (Å²) in [6.07, 6.45) is 6.90. The van der Waals surface area contributed by atoms with Gasteiger partial charge >= 0.3 is 0 Å². The van der Waals surface area contributed by atoms with E-state index in [2.05, 4.69) is 4.98 Å². The molecule has 0 spiro atoms. The lowest BCUT2D eigenvalue weighted by Gasteiger charge is -2.24. The van der Waals surface area contributed by atoms with Crippen LogP contribution in [0.5, 0.6) is 0 Å². The lowest BCUT2D eigenvalue weighted by atomic mass is 10.2. The fourth-order valence-electron chi connectivity index (χ4n) is 2.51. The number of hydrogen-bond donors (Lipinski definition) is 0. The lowest BCUT2D eigenvalue weighted by Crippen LogP contribution is -2.37. The van der Waals surface area contributed by atoms with E-state index >= 15 is 0 Å². The van der Waals surface area contributed by atoms with Gasteiger partial charge in [-0.2, -0.15) is 0 Å². The Morgan fingerprint density at radius 2 is 2.33 bits per heavy atom. The van der Waals surface area contributed by atoms with Crippen molar-refractivity contribution in [1.82, 2.24) is 9.88 Å². The molecule has 2 aromatic rings. The number of ether oxygens (including phenoxy) is 1. The Morgan fingerprint density at radius 1 is 1.38 bits per heavy atom. The summed E-state index contributed by atoms with van der Waals surface area (Å²) >= 11 is 0. The van der Waals surface area contributed by atoms with Crippen LogP contribution in [-0.4, -0.2) is 35.0 Å². The third-order valence-electron chi connectivity index (χ3n) is 3.58. The molecule has 1 fully saturated rings. The molecule has 0 saturated carbocycles. The fourth-order valence-corrected chi connectivity index (χ4v) is 2.51. The molecule has 2 aromatic heterocycles. The van der Waals surface area contributed by atoms with Gasteiger partial charge in [-0.3, -0.25) is 9.78 Å². The number of furan rings is 1. The molecule has 3 heterocycles. The van der Waals surface area contributed by atoms with Gasteiger partial charge in [-0.1, -0.05) is 6.07 Å². The Hall–Kier alpha value is -2.14. The highest BCUT2D eigenvalue weighted by atomic mass is 16.5. The Balaban J connectivity index is 1.75. The van der Waals surface area contributed by atoms with Gasteiger partial charge in [0.1, 0.15) is 6.26 Å². The number of carbonyl (C=O) groups excluding carboxylic acids is 1. The standard InChI is InChI=1S/C16H18N2O3/c19-16(13-6-9-20-12-13)18(11-15-5-3-8-21-15)10-14-4-1-2-7-17-14/h1-2,4,6-7,9,12,15H,3,5,8,10-11H2. The van der Waals surface area contributed by atoms with E-state index in [1.165, 1.54) is 12.5 Å². The van der Waals surface area contributed by atoms with Crippen LogP contribution in [-0.2, 0) is 11.3 Å². The zero-order valence-electron chi connectivity index (χ0n) is 11.8.